The van der Waals surface area contributed by atoms with Gasteiger partial charge in [-0.25, -0.2) is 9.69 Å². The van der Waals surface area contributed by atoms with Crippen LogP contribution in [0.4, 0.5) is 4.79 Å². The van der Waals surface area contributed by atoms with Gasteiger partial charge in [-0.3, -0.25) is 20.0 Å². The van der Waals surface area contributed by atoms with Crippen molar-refractivity contribution >= 4 is 28.4 Å². The third-order valence-electron chi connectivity index (χ3n) is 6.82. The SMILES string of the molecule is CN1C(=O)C2C(NC3N(Cc4cccc5ccccc45)N=C(C(C)(C)C)CN23)N(C)C1=O. The summed E-state index contributed by atoms with van der Waals surface area (Å²) in [6.07, 6.45) is -0.665. The molecule has 0 saturated carbocycles. The van der Waals surface area contributed by atoms with Crippen LogP contribution in [-0.2, 0) is 11.3 Å². The van der Waals surface area contributed by atoms with Gasteiger partial charge in [0, 0.05) is 26.1 Å². The number of rotatable bonds is 2. The molecule has 0 aliphatic carbocycles. The van der Waals surface area contributed by atoms with Gasteiger partial charge >= 0.3 is 6.03 Å². The lowest BCUT2D eigenvalue weighted by Gasteiger charge is -2.43. The van der Waals surface area contributed by atoms with Crippen LogP contribution >= 0.6 is 0 Å². The Labute approximate surface area is 188 Å². The Morgan fingerprint density at radius 1 is 1.06 bits per heavy atom. The maximum atomic E-state index is 13.2. The van der Waals surface area contributed by atoms with Gasteiger partial charge in [-0.1, -0.05) is 63.2 Å². The second-order valence-electron chi connectivity index (χ2n) is 9.93. The maximum absolute atomic E-state index is 13.2. The highest BCUT2D eigenvalue weighted by Crippen LogP contribution is 2.34. The Morgan fingerprint density at radius 3 is 2.53 bits per heavy atom. The van der Waals surface area contributed by atoms with E-state index in [1.54, 1.807) is 19.0 Å². The molecule has 2 aromatic rings. The molecule has 3 unspecified atom stereocenters. The van der Waals surface area contributed by atoms with E-state index in [4.69, 9.17) is 5.10 Å². The standard InChI is InChI=1S/C24H30N6O2/c1-24(2,3)18-14-29-19-20(27(4)23(32)28(5)21(19)31)25-22(29)30(26-18)13-16-11-8-10-15-9-6-7-12-17(15)16/h6-12,19-20,22,25H,13-14H2,1-5H3. The summed E-state index contributed by atoms with van der Waals surface area (Å²) >= 11 is 0. The molecule has 0 radical (unpaired) electrons. The smallest absolute Gasteiger partial charge is 0.310 e. The second-order valence-corrected chi connectivity index (χ2v) is 9.93. The number of hydrogen-bond donors (Lipinski definition) is 1. The number of fused-ring (bicyclic) bond motifs is 4. The van der Waals surface area contributed by atoms with E-state index in [1.165, 1.54) is 21.2 Å². The molecule has 1 N–H and O–H groups in total. The lowest BCUT2D eigenvalue weighted by molar-refractivity contribution is -0.137. The fourth-order valence-electron chi connectivity index (χ4n) is 4.89. The van der Waals surface area contributed by atoms with Gasteiger partial charge < -0.3 is 4.90 Å². The average molecular weight is 435 g/mol. The first-order valence-corrected chi connectivity index (χ1v) is 11.0. The third kappa shape index (κ3) is 3.17. The molecule has 168 valence electrons. The van der Waals surface area contributed by atoms with Gasteiger partial charge in [-0.05, 0) is 16.3 Å². The Morgan fingerprint density at radius 2 is 1.78 bits per heavy atom. The second kappa shape index (κ2) is 7.28. The van der Waals surface area contributed by atoms with Crippen molar-refractivity contribution in [1.29, 1.82) is 0 Å². The van der Waals surface area contributed by atoms with Crippen LogP contribution in [0.15, 0.2) is 47.6 Å². The number of nitrogens with one attached hydrogen (secondary N) is 1. The summed E-state index contributed by atoms with van der Waals surface area (Å²) in [5, 5.41) is 13.0. The van der Waals surface area contributed by atoms with Crippen molar-refractivity contribution in [3.05, 3.63) is 48.0 Å². The molecule has 3 heterocycles. The summed E-state index contributed by atoms with van der Waals surface area (Å²) in [5.74, 6) is -0.173. The van der Waals surface area contributed by atoms with Gasteiger partial charge in [0.05, 0.1) is 12.3 Å². The lowest BCUT2D eigenvalue weighted by Crippen LogP contribution is -2.65. The van der Waals surface area contributed by atoms with Crippen LogP contribution < -0.4 is 5.32 Å². The Kier molecular flexibility index (Phi) is 4.76. The fourth-order valence-corrected chi connectivity index (χ4v) is 4.89. The van der Waals surface area contributed by atoms with E-state index in [0.717, 1.165) is 5.71 Å². The highest BCUT2D eigenvalue weighted by Gasteiger charge is 2.56. The van der Waals surface area contributed by atoms with E-state index in [0.29, 0.717) is 13.1 Å². The number of nitrogens with zero attached hydrogens (tertiary/aromatic N) is 5. The molecule has 3 amide bonds. The van der Waals surface area contributed by atoms with Gasteiger partial charge in [-0.15, -0.1) is 0 Å². The fraction of sp³-hybridized carbons (Fsp3) is 0.458. The number of hydrazone groups is 1. The Balaban J connectivity index is 1.56. The number of urea groups is 1. The van der Waals surface area contributed by atoms with E-state index in [9.17, 15) is 9.59 Å². The Bertz CT molecular complexity index is 1120. The number of imide groups is 1. The highest BCUT2D eigenvalue weighted by atomic mass is 16.2. The minimum Gasteiger partial charge on any atom is -0.310 e. The first kappa shape index (κ1) is 20.9. The van der Waals surface area contributed by atoms with Gasteiger partial charge in [0.15, 0.2) is 6.29 Å². The van der Waals surface area contributed by atoms with Crippen molar-refractivity contribution in [2.45, 2.75) is 45.8 Å². The largest absolute Gasteiger partial charge is 0.327 e. The molecule has 8 heteroatoms. The zero-order valence-corrected chi connectivity index (χ0v) is 19.2. The summed E-state index contributed by atoms with van der Waals surface area (Å²) < 4.78 is 0. The molecule has 0 aromatic heterocycles. The third-order valence-corrected chi connectivity index (χ3v) is 6.82. The first-order chi connectivity index (χ1) is 15.2. The minimum atomic E-state index is -0.449. The number of carbonyl (C=O) groups is 2. The summed E-state index contributed by atoms with van der Waals surface area (Å²) in [6, 6.07) is 13.9. The van der Waals surface area contributed by atoms with Crippen molar-refractivity contribution in [1.82, 2.24) is 25.0 Å². The molecule has 2 fully saturated rings. The van der Waals surface area contributed by atoms with Crippen molar-refractivity contribution in [3.8, 4) is 0 Å². The van der Waals surface area contributed by atoms with E-state index < -0.39 is 6.04 Å². The predicted octanol–water partition coefficient (Wildman–Crippen LogP) is 2.46. The number of amides is 3. The normalized spacial score (nSPS) is 26.5. The number of benzene rings is 2. The van der Waals surface area contributed by atoms with Crippen molar-refractivity contribution in [2.75, 3.05) is 20.6 Å². The van der Waals surface area contributed by atoms with Crippen LogP contribution in [0.3, 0.4) is 0 Å². The molecule has 3 atom stereocenters. The topological polar surface area (TPSA) is 71.5 Å². The van der Waals surface area contributed by atoms with Gasteiger partial charge in [0.25, 0.3) is 5.91 Å². The number of likely N-dealkylation sites (N-methyl/N-ethyl adjacent to an activating group) is 2. The van der Waals surface area contributed by atoms with Gasteiger partial charge in [0.1, 0.15) is 12.2 Å². The van der Waals surface area contributed by atoms with E-state index in [2.05, 4.69) is 67.4 Å². The molecule has 5 rings (SSSR count). The van der Waals surface area contributed by atoms with Crippen LogP contribution in [0.5, 0.6) is 0 Å². The molecule has 2 aromatic carbocycles. The van der Waals surface area contributed by atoms with Crippen molar-refractivity contribution in [3.63, 3.8) is 0 Å². The quantitative estimate of drug-likeness (QED) is 0.786. The maximum Gasteiger partial charge on any atom is 0.327 e. The Hall–Kier alpha value is -2.97. The van der Waals surface area contributed by atoms with Crippen LogP contribution in [-0.4, -0.2) is 76.5 Å². The predicted molar refractivity (Wildman–Crippen MR) is 124 cm³/mol. The van der Waals surface area contributed by atoms with Gasteiger partial charge in [0.2, 0.25) is 0 Å². The van der Waals surface area contributed by atoms with Crippen LogP contribution in [0.1, 0.15) is 26.3 Å². The molecule has 32 heavy (non-hydrogen) atoms. The van der Waals surface area contributed by atoms with E-state index in [-0.39, 0.29) is 29.8 Å². The summed E-state index contributed by atoms with van der Waals surface area (Å²) in [7, 11) is 3.30. The van der Waals surface area contributed by atoms with Crippen LogP contribution in [0.25, 0.3) is 10.8 Å². The molecule has 0 bridgehead atoms. The monoisotopic (exact) mass is 434 g/mol. The molecule has 0 spiro atoms. The van der Waals surface area contributed by atoms with Crippen LogP contribution in [0, 0.1) is 5.41 Å². The average Bonchev–Trinajstić information content (AvgIpc) is 3.16. The highest BCUT2D eigenvalue weighted by molar-refractivity contribution is 6.01. The molecule has 8 nitrogen and oxygen atoms in total. The first-order valence-electron chi connectivity index (χ1n) is 11.0. The number of hydrogen-bond acceptors (Lipinski definition) is 6. The van der Waals surface area contributed by atoms with E-state index >= 15 is 0 Å². The summed E-state index contributed by atoms with van der Waals surface area (Å²) in [4.78, 5) is 30.7. The molecule has 3 aliphatic rings. The summed E-state index contributed by atoms with van der Waals surface area (Å²) in [6.45, 7) is 7.61. The molecule has 3 aliphatic heterocycles. The van der Waals surface area contributed by atoms with Gasteiger partial charge in [-0.2, -0.15) is 5.10 Å². The zero-order chi connectivity index (χ0) is 22.8. The molecule has 2 saturated heterocycles. The van der Waals surface area contributed by atoms with Crippen LogP contribution in [0.2, 0.25) is 0 Å². The summed E-state index contributed by atoms with van der Waals surface area (Å²) in [5.41, 5.74) is 2.05. The van der Waals surface area contributed by atoms with E-state index in [1.807, 2.05) is 11.1 Å². The lowest BCUT2D eigenvalue weighted by atomic mass is 9.89. The number of carbonyl (C=O) groups excluding carboxylic acids is 2. The molecular weight excluding hydrogens is 404 g/mol. The minimum absolute atomic E-state index is 0.147. The van der Waals surface area contributed by atoms with Crippen molar-refractivity contribution < 1.29 is 9.59 Å². The van der Waals surface area contributed by atoms with Crippen molar-refractivity contribution in [2.24, 2.45) is 10.5 Å². The molecular formula is C24H30N6O2. The zero-order valence-electron chi connectivity index (χ0n) is 19.2.